The molecule has 4 saturated carbocycles. The van der Waals surface area contributed by atoms with Crippen LogP contribution in [-0.2, 0) is 32.0 Å². The predicted molar refractivity (Wildman–Crippen MR) is 155 cm³/mol. The highest BCUT2D eigenvalue weighted by molar-refractivity contribution is 6.32. The minimum atomic E-state index is -2.66. The number of fused-ring (bicyclic) bond motifs is 3. The largest absolute Gasteiger partial charge is 0.507 e. The maximum Gasteiger partial charge on any atom is 0.190 e. The molecule has 5 aliphatic carbocycles. The Bertz CT molecular complexity index is 1390. The van der Waals surface area contributed by atoms with Crippen LogP contribution in [-0.4, -0.2) is 44.7 Å². The molecule has 0 bridgehead atoms. The molecule has 0 heterocycles. The molecular formula is C35H44O7. The molecular weight excluding hydrogens is 532 g/mol. The molecule has 2 N–H and O–H groups in total. The molecule has 0 amide bonds. The minimum absolute atomic E-state index is 0.0890. The first-order chi connectivity index (χ1) is 19.6. The monoisotopic (exact) mass is 576 g/mol. The number of phenolic OH excluding ortho intramolecular Hbond substituents is 1. The SMILES string of the molecule is CC(=O)C1C(=O)C(C(C)C)[C@@]2(C)C[C@@]3(C)Cc4c(CC(CC5CC5)CC5CC5)ccc(O)c4C(=O)C3C(=O)[C@@]2(O)C1=O. The van der Waals surface area contributed by atoms with Gasteiger partial charge in [0.05, 0.1) is 11.5 Å². The summed E-state index contributed by atoms with van der Waals surface area (Å²) >= 11 is 0. The van der Waals surface area contributed by atoms with E-state index in [1.807, 2.05) is 13.0 Å². The topological polar surface area (TPSA) is 126 Å². The summed E-state index contributed by atoms with van der Waals surface area (Å²) in [6.07, 6.45) is 8.65. The summed E-state index contributed by atoms with van der Waals surface area (Å²) in [5.41, 5.74) is -3.23. The zero-order chi connectivity index (χ0) is 30.5. The molecule has 0 aliphatic heterocycles. The summed E-state index contributed by atoms with van der Waals surface area (Å²) in [5.74, 6) is -6.40. The number of hydrogen-bond acceptors (Lipinski definition) is 7. The van der Waals surface area contributed by atoms with E-state index >= 15 is 0 Å². The van der Waals surface area contributed by atoms with Gasteiger partial charge in [0.2, 0.25) is 0 Å². The third-order valence-corrected chi connectivity index (χ3v) is 11.6. The number of benzene rings is 1. The number of ketones is 5. The van der Waals surface area contributed by atoms with Crippen LogP contribution in [0.25, 0.3) is 0 Å². The molecule has 4 fully saturated rings. The predicted octanol–water partition coefficient (Wildman–Crippen LogP) is 4.85. The summed E-state index contributed by atoms with van der Waals surface area (Å²) in [4.78, 5) is 68.8. The van der Waals surface area contributed by atoms with Crippen LogP contribution in [0.5, 0.6) is 5.75 Å². The second-order valence-electron chi connectivity index (χ2n) is 15.4. The van der Waals surface area contributed by atoms with Crippen molar-refractivity contribution in [3.63, 3.8) is 0 Å². The summed E-state index contributed by atoms with van der Waals surface area (Å²) in [5, 5.41) is 23.1. The number of aliphatic hydroxyl groups is 1. The number of carbonyl (C=O) groups excluding carboxylic acids is 5. The van der Waals surface area contributed by atoms with Crippen LogP contribution in [0.3, 0.4) is 0 Å². The van der Waals surface area contributed by atoms with Gasteiger partial charge in [-0.05, 0) is 85.3 Å². The lowest BCUT2D eigenvalue weighted by Gasteiger charge is -2.62. The Kier molecular flexibility index (Phi) is 6.77. The van der Waals surface area contributed by atoms with Gasteiger partial charge in [0, 0.05) is 11.3 Å². The summed E-state index contributed by atoms with van der Waals surface area (Å²) in [6, 6.07) is 3.46. The van der Waals surface area contributed by atoms with Gasteiger partial charge in [-0.1, -0.05) is 59.4 Å². The zero-order valence-corrected chi connectivity index (χ0v) is 25.5. The van der Waals surface area contributed by atoms with Crippen molar-refractivity contribution in [1.29, 1.82) is 0 Å². The lowest BCUT2D eigenvalue weighted by molar-refractivity contribution is -0.205. The minimum Gasteiger partial charge on any atom is -0.507 e. The maximum atomic E-state index is 14.4. The first-order valence-corrected chi connectivity index (χ1v) is 15.9. The van der Waals surface area contributed by atoms with Crippen molar-refractivity contribution in [2.24, 2.45) is 52.3 Å². The van der Waals surface area contributed by atoms with E-state index in [0.29, 0.717) is 12.3 Å². The van der Waals surface area contributed by atoms with Gasteiger partial charge in [0.25, 0.3) is 0 Å². The van der Waals surface area contributed by atoms with Crippen LogP contribution in [0.4, 0.5) is 0 Å². The fourth-order valence-corrected chi connectivity index (χ4v) is 9.61. The standard InChI is InChI=1S/C35H44O7/c1-17(2)27-29(38)25(18(3)36)31(40)35(42)32(41)28-30(39)26-23(15-33(28,4)16-34(27,35)5)22(10-11-24(26)37)14-21(12-19-6-7-19)13-20-8-9-20/h10-11,17,19-21,25,27-28,37,42H,6-9,12-16H2,1-5H3/t25?,27?,28?,33-,34-,35+/m1/s1. The fraction of sp³-hybridized carbons (Fsp3) is 0.686. The Labute approximate surface area is 247 Å². The van der Waals surface area contributed by atoms with Crippen LogP contribution in [0, 0.1) is 52.3 Å². The van der Waals surface area contributed by atoms with E-state index in [9.17, 15) is 34.2 Å². The van der Waals surface area contributed by atoms with Gasteiger partial charge in [0.15, 0.2) is 28.7 Å². The Morgan fingerprint density at radius 2 is 1.57 bits per heavy atom. The van der Waals surface area contributed by atoms with Crippen molar-refractivity contribution in [3.8, 4) is 5.75 Å². The van der Waals surface area contributed by atoms with Crippen molar-refractivity contribution < 1.29 is 34.2 Å². The molecule has 0 saturated heterocycles. The lowest BCUT2D eigenvalue weighted by Crippen LogP contribution is -2.76. The van der Waals surface area contributed by atoms with E-state index in [0.717, 1.165) is 36.3 Å². The average molecular weight is 577 g/mol. The van der Waals surface area contributed by atoms with Crippen LogP contribution < -0.4 is 0 Å². The number of phenols is 1. The van der Waals surface area contributed by atoms with Crippen LogP contribution in [0.1, 0.15) is 101 Å². The quantitative estimate of drug-likeness (QED) is 0.424. The van der Waals surface area contributed by atoms with Crippen molar-refractivity contribution in [2.45, 2.75) is 98.0 Å². The Morgan fingerprint density at radius 1 is 0.976 bits per heavy atom. The van der Waals surface area contributed by atoms with Gasteiger partial charge in [0.1, 0.15) is 17.5 Å². The zero-order valence-electron chi connectivity index (χ0n) is 25.5. The number of Topliss-reactive ketones (excluding diaryl/α,β-unsaturated/α-hetero) is 5. The van der Waals surface area contributed by atoms with Gasteiger partial charge in [-0.15, -0.1) is 0 Å². The molecule has 1 aromatic rings. The van der Waals surface area contributed by atoms with E-state index < -0.39 is 63.1 Å². The van der Waals surface area contributed by atoms with Gasteiger partial charge >= 0.3 is 0 Å². The van der Waals surface area contributed by atoms with Gasteiger partial charge in [-0.2, -0.15) is 0 Å². The number of hydrogen-bond donors (Lipinski definition) is 2. The summed E-state index contributed by atoms with van der Waals surface area (Å²) in [7, 11) is 0. The molecule has 0 spiro atoms. The molecule has 6 atom stereocenters. The molecule has 7 heteroatoms. The first-order valence-electron chi connectivity index (χ1n) is 15.9. The molecule has 226 valence electrons. The van der Waals surface area contributed by atoms with E-state index in [2.05, 4.69) is 0 Å². The van der Waals surface area contributed by atoms with Crippen molar-refractivity contribution in [1.82, 2.24) is 0 Å². The number of rotatable bonds is 8. The number of aromatic hydroxyl groups is 1. The van der Waals surface area contributed by atoms with Crippen molar-refractivity contribution in [3.05, 3.63) is 28.8 Å². The van der Waals surface area contributed by atoms with Crippen molar-refractivity contribution >= 4 is 28.9 Å². The van der Waals surface area contributed by atoms with Crippen LogP contribution in [0.15, 0.2) is 12.1 Å². The molecule has 0 aromatic heterocycles. The average Bonchev–Trinajstić information content (AvgIpc) is 3.80. The number of carbonyl (C=O) groups is 5. The Hall–Kier alpha value is -2.67. The summed E-state index contributed by atoms with van der Waals surface area (Å²) < 4.78 is 0. The van der Waals surface area contributed by atoms with E-state index in [1.165, 1.54) is 44.6 Å². The fourth-order valence-electron chi connectivity index (χ4n) is 9.61. The normalized spacial score (nSPS) is 36.2. The molecule has 3 unspecified atom stereocenters. The van der Waals surface area contributed by atoms with Crippen molar-refractivity contribution in [2.75, 3.05) is 0 Å². The second kappa shape index (κ2) is 9.67. The summed E-state index contributed by atoms with van der Waals surface area (Å²) in [6.45, 7) is 8.20. The third-order valence-electron chi connectivity index (χ3n) is 11.6. The molecule has 42 heavy (non-hydrogen) atoms. The highest BCUT2D eigenvalue weighted by Crippen LogP contribution is 2.64. The van der Waals surface area contributed by atoms with Gasteiger partial charge < -0.3 is 10.2 Å². The van der Waals surface area contributed by atoms with Gasteiger partial charge in [-0.25, -0.2) is 0 Å². The second-order valence-corrected chi connectivity index (χ2v) is 15.4. The van der Waals surface area contributed by atoms with E-state index in [1.54, 1.807) is 20.8 Å². The van der Waals surface area contributed by atoms with E-state index in [-0.39, 0.29) is 23.7 Å². The Morgan fingerprint density at radius 3 is 2.10 bits per heavy atom. The molecule has 6 rings (SSSR count). The Balaban J connectivity index is 1.45. The maximum absolute atomic E-state index is 14.4. The molecule has 5 aliphatic rings. The first kappa shape index (κ1) is 29.4. The third kappa shape index (κ3) is 4.20. The lowest BCUT2D eigenvalue weighted by atomic mass is 9.40. The van der Waals surface area contributed by atoms with Crippen LogP contribution in [0.2, 0.25) is 0 Å². The van der Waals surface area contributed by atoms with Gasteiger partial charge in [-0.3, -0.25) is 24.0 Å². The molecule has 7 nitrogen and oxygen atoms in total. The highest BCUT2D eigenvalue weighted by atomic mass is 16.3. The smallest absolute Gasteiger partial charge is 0.190 e. The molecule has 1 aromatic carbocycles. The highest BCUT2D eigenvalue weighted by Gasteiger charge is 2.76. The van der Waals surface area contributed by atoms with Crippen LogP contribution >= 0.6 is 0 Å². The molecule has 0 radical (unpaired) electrons. The van der Waals surface area contributed by atoms with E-state index in [4.69, 9.17) is 0 Å².